The minimum Gasteiger partial charge on any atom is -0.461 e. The molecule has 2 aliphatic heterocycles. The molecule has 0 radical (unpaired) electrons. The molecule has 426 valence electrons. The molecule has 4 aromatic carbocycles. The summed E-state index contributed by atoms with van der Waals surface area (Å²) in [6.45, 7) is 17.5. The number of hydrogen-bond donors (Lipinski definition) is 2. The molecule has 8 atom stereocenters. The molecule has 2 N–H and O–H groups in total. The van der Waals surface area contributed by atoms with Crippen molar-refractivity contribution in [3.05, 3.63) is 213 Å². The molecule has 84 heavy (non-hydrogen) atoms. The number of rotatable bonds is 16. The number of carbonyl (C=O) groups is 4. The van der Waals surface area contributed by atoms with Gasteiger partial charge in [-0.05, 0) is 92.5 Å². The molecular formula is C72H70N4O8. The van der Waals surface area contributed by atoms with Gasteiger partial charge in [0.2, 0.25) is 0 Å². The first-order valence-corrected chi connectivity index (χ1v) is 29.3. The molecule has 12 nitrogen and oxygen atoms in total. The van der Waals surface area contributed by atoms with Crippen LogP contribution in [0, 0.1) is 45.3 Å². The number of H-pyrrole nitrogens is 2. The van der Waals surface area contributed by atoms with E-state index in [1.54, 1.807) is 0 Å². The van der Waals surface area contributed by atoms with Crippen molar-refractivity contribution in [2.45, 2.75) is 105 Å². The van der Waals surface area contributed by atoms with Gasteiger partial charge in [0.15, 0.2) is 0 Å². The smallest absolute Gasteiger partial charge is 0.310 e. The van der Waals surface area contributed by atoms with Gasteiger partial charge in [-0.3, -0.25) is 19.2 Å². The fraction of sp³-hybridized carbons (Fsp3) is 0.333. The number of carbonyl (C=O) groups excluding carboxylic acids is 4. The Kier molecular flexibility index (Phi) is 13.4. The number of hydrogen-bond acceptors (Lipinski definition) is 10. The van der Waals surface area contributed by atoms with Crippen molar-refractivity contribution in [1.82, 2.24) is 19.9 Å². The van der Waals surface area contributed by atoms with Gasteiger partial charge in [0.1, 0.15) is 26.4 Å². The van der Waals surface area contributed by atoms with E-state index in [0.717, 1.165) is 66.6 Å². The zero-order valence-corrected chi connectivity index (χ0v) is 48.8. The number of benzene rings is 4. The van der Waals surface area contributed by atoms with Crippen LogP contribution >= 0.6 is 0 Å². The van der Waals surface area contributed by atoms with Gasteiger partial charge in [-0.25, -0.2) is 9.97 Å². The first-order valence-electron chi connectivity index (χ1n) is 29.3. The average molecular weight is 1120 g/mol. The average Bonchev–Trinajstić information content (AvgIpc) is 1.64. The molecule has 8 bridgehead atoms. The van der Waals surface area contributed by atoms with E-state index in [9.17, 15) is 19.2 Å². The maximum atomic E-state index is 14.4. The third kappa shape index (κ3) is 9.66. The second-order valence-corrected chi connectivity index (χ2v) is 26.1. The molecule has 12 heteroatoms. The Labute approximate surface area is 489 Å². The summed E-state index contributed by atoms with van der Waals surface area (Å²) >= 11 is 0. The number of esters is 4. The highest BCUT2D eigenvalue weighted by Gasteiger charge is 2.68. The minimum absolute atomic E-state index is 0.146. The van der Waals surface area contributed by atoms with Crippen molar-refractivity contribution in [2.75, 3.05) is 0 Å². The monoisotopic (exact) mass is 1120 g/mol. The van der Waals surface area contributed by atoms with E-state index in [-0.39, 0.29) is 74.0 Å². The van der Waals surface area contributed by atoms with Gasteiger partial charge in [-0.1, -0.05) is 177 Å². The zero-order chi connectivity index (χ0) is 58.5. The van der Waals surface area contributed by atoms with E-state index in [0.29, 0.717) is 22.8 Å². The topological polar surface area (TPSA) is 163 Å². The highest BCUT2D eigenvalue weighted by Crippen LogP contribution is 2.70. The second kappa shape index (κ2) is 20.6. The molecule has 0 unspecified atom stereocenters. The molecular weight excluding hydrogens is 1050 g/mol. The normalized spacial score (nSPS) is 23.9. The first kappa shape index (κ1) is 54.6. The van der Waals surface area contributed by atoms with E-state index in [2.05, 4.69) is 89.6 Å². The molecule has 3 aromatic heterocycles. The van der Waals surface area contributed by atoms with Crippen LogP contribution in [0.3, 0.4) is 0 Å². The molecule has 4 aliphatic carbocycles. The number of nitrogens with one attached hydrogen (secondary N) is 2. The Balaban J connectivity index is 1.01. The highest BCUT2D eigenvalue weighted by molar-refractivity contribution is 5.91. The number of nitrogens with zero attached hydrogens (tertiary/aromatic N) is 2. The quantitative estimate of drug-likeness (QED) is 0.0703. The SMILES string of the molecule is CC1(C)[C@H](C(=O)OCc2ccccc2)[C@@H]1c1c2nc(c([C@H]3[C@@H](C(=O)OCc4ccccc4)C3(C)C)c3ccc([nH]3)c([C@H]3[C@@H](C(=O)OCc4ccccc4)C3(C)C)c3ccc([nH]3)c([C@H]3[C@@H](C(=O)OCc4ccccc4)C3(C)C)c3nc1C=C3)C=C2. The van der Waals surface area contributed by atoms with Gasteiger partial charge in [-0.15, -0.1) is 0 Å². The summed E-state index contributed by atoms with van der Waals surface area (Å²) in [5.41, 5.74) is 10.7. The van der Waals surface area contributed by atoms with E-state index in [1.807, 2.05) is 146 Å². The Morgan fingerprint density at radius 3 is 0.833 bits per heavy atom. The summed E-state index contributed by atoms with van der Waals surface area (Å²) in [6.07, 6.45) is 8.07. The summed E-state index contributed by atoms with van der Waals surface area (Å²) in [7, 11) is 0. The molecule has 4 saturated carbocycles. The Morgan fingerprint density at radius 2 is 0.560 bits per heavy atom. The van der Waals surface area contributed by atoms with Gasteiger partial charge >= 0.3 is 23.9 Å². The van der Waals surface area contributed by atoms with E-state index in [1.165, 1.54) is 0 Å². The third-order valence-corrected chi connectivity index (χ3v) is 19.4. The predicted molar refractivity (Wildman–Crippen MR) is 324 cm³/mol. The lowest BCUT2D eigenvalue weighted by Crippen LogP contribution is -2.10. The molecule has 6 aliphatic rings. The number of ether oxygens (including phenoxy) is 4. The fourth-order valence-electron chi connectivity index (χ4n) is 14.3. The van der Waals surface area contributed by atoms with Crippen LogP contribution in [0.5, 0.6) is 0 Å². The lowest BCUT2D eigenvalue weighted by Gasteiger charge is -2.08. The number of aromatic amines is 2. The van der Waals surface area contributed by atoms with Crippen LogP contribution in [-0.4, -0.2) is 43.8 Å². The van der Waals surface area contributed by atoms with Crippen molar-refractivity contribution in [2.24, 2.45) is 45.3 Å². The molecule has 4 fully saturated rings. The fourth-order valence-corrected chi connectivity index (χ4v) is 14.3. The van der Waals surface area contributed by atoms with Crippen molar-refractivity contribution in [3.8, 4) is 0 Å². The Morgan fingerprint density at radius 1 is 0.333 bits per heavy atom. The van der Waals surface area contributed by atoms with Crippen LogP contribution in [0.4, 0.5) is 0 Å². The van der Waals surface area contributed by atoms with Gasteiger partial charge in [0.25, 0.3) is 0 Å². The zero-order valence-electron chi connectivity index (χ0n) is 48.8. The molecule has 13 rings (SSSR count). The van der Waals surface area contributed by atoms with E-state index in [4.69, 9.17) is 28.9 Å². The molecule has 7 aromatic rings. The predicted octanol–water partition coefficient (Wildman–Crippen LogP) is 14.6. The molecule has 0 spiro atoms. The van der Waals surface area contributed by atoms with E-state index >= 15 is 0 Å². The van der Waals surface area contributed by atoms with Gasteiger partial charge in [0, 0.05) is 68.0 Å². The third-order valence-electron chi connectivity index (χ3n) is 19.4. The van der Waals surface area contributed by atoms with Crippen molar-refractivity contribution in [1.29, 1.82) is 0 Å². The minimum atomic E-state index is -0.545. The van der Waals surface area contributed by atoms with Crippen LogP contribution < -0.4 is 0 Å². The van der Waals surface area contributed by atoms with E-state index < -0.39 is 45.3 Å². The Bertz CT molecular complexity index is 3830. The lowest BCUT2D eigenvalue weighted by atomic mass is 10.00. The van der Waals surface area contributed by atoms with Crippen molar-refractivity contribution >= 4 is 70.2 Å². The Hall–Kier alpha value is -8.64. The van der Waals surface area contributed by atoms with Crippen LogP contribution in [0.2, 0.25) is 0 Å². The maximum Gasteiger partial charge on any atom is 0.310 e. The second-order valence-electron chi connectivity index (χ2n) is 26.1. The summed E-state index contributed by atoms with van der Waals surface area (Å²) in [6, 6.07) is 47.1. The summed E-state index contributed by atoms with van der Waals surface area (Å²) in [4.78, 5) is 76.6. The van der Waals surface area contributed by atoms with Gasteiger partial charge in [-0.2, -0.15) is 0 Å². The lowest BCUT2D eigenvalue weighted by molar-refractivity contribution is -0.148. The van der Waals surface area contributed by atoms with Crippen LogP contribution in [-0.2, 0) is 64.6 Å². The maximum absolute atomic E-state index is 14.4. The number of aromatic nitrogens is 4. The van der Waals surface area contributed by atoms with Crippen molar-refractivity contribution < 1.29 is 38.1 Å². The highest BCUT2D eigenvalue weighted by atomic mass is 16.5. The first-order chi connectivity index (χ1) is 40.3. The van der Waals surface area contributed by atoms with Gasteiger partial charge < -0.3 is 28.9 Å². The molecule has 0 saturated heterocycles. The van der Waals surface area contributed by atoms with Crippen LogP contribution in [0.15, 0.2) is 146 Å². The summed E-state index contributed by atoms with van der Waals surface area (Å²) in [5.74, 6) is -4.40. The van der Waals surface area contributed by atoms with Gasteiger partial charge in [0.05, 0.1) is 46.4 Å². The largest absolute Gasteiger partial charge is 0.461 e. The van der Waals surface area contributed by atoms with Crippen molar-refractivity contribution in [3.63, 3.8) is 0 Å². The standard InChI is InChI=1S/C72H70N4O8/c1-69(2)57(61(69)65(77)81-37-41-21-13-9-14-22-41)53-45-29-31-47(73-45)54(58-62(70(58,3)4)66(78)82-38-42-23-15-10-16-24-42)49-33-35-51(75-49)56(60-64(72(60,7)8)68(80)84-40-44-27-19-12-20-28-44)52-36-34-50(76-52)55(48-32-30-46(53)74-48)59-63(71(59,5)6)67(79)83-39-43-25-17-11-18-26-43/h9-36,57-64,73-74H,37-40H2,1-8H3/t57-,58-,59-,60-,61-,62-,63-,64-/m0/s1. The van der Waals surface area contributed by atoms with Crippen LogP contribution in [0.25, 0.3) is 46.4 Å². The summed E-state index contributed by atoms with van der Waals surface area (Å²) < 4.78 is 24.4. The number of fused-ring (bicyclic) bond motifs is 8. The van der Waals surface area contributed by atoms with Crippen LogP contribution in [0.1, 0.15) is 146 Å². The molecule has 0 amide bonds. The molecule has 5 heterocycles. The summed E-state index contributed by atoms with van der Waals surface area (Å²) in [5, 5.41) is 0.